The van der Waals surface area contributed by atoms with Gasteiger partial charge in [-0.3, -0.25) is 9.59 Å². The molecule has 158 valence electrons. The molecular weight excluding hydrogens is 463 g/mol. The van der Waals surface area contributed by atoms with Gasteiger partial charge in [-0.05, 0) is 36.6 Å². The lowest BCUT2D eigenvalue weighted by molar-refractivity contribution is -0.152. The molecule has 1 heterocycles. The van der Waals surface area contributed by atoms with E-state index in [4.69, 9.17) is 27.9 Å². The summed E-state index contributed by atoms with van der Waals surface area (Å²) in [6.45, 7) is 0.861. The summed E-state index contributed by atoms with van der Waals surface area (Å²) in [5.41, 5.74) is 0. The average Bonchev–Trinajstić information content (AvgIpc) is 3.18. The van der Waals surface area contributed by atoms with Crippen molar-refractivity contribution in [2.24, 2.45) is 0 Å². The zero-order valence-corrected chi connectivity index (χ0v) is 18.2. The van der Waals surface area contributed by atoms with Crippen molar-refractivity contribution in [3.63, 3.8) is 0 Å². The minimum Gasteiger partial charge on any atom is -0.454 e. The molecule has 0 saturated heterocycles. The summed E-state index contributed by atoms with van der Waals surface area (Å²) in [5.74, 6) is -1.67. The van der Waals surface area contributed by atoms with E-state index in [1.54, 1.807) is 0 Å². The van der Waals surface area contributed by atoms with Crippen LogP contribution in [-0.4, -0.2) is 44.2 Å². The lowest BCUT2D eigenvalue weighted by atomic mass is 10.2. The van der Waals surface area contributed by atoms with Crippen LogP contribution in [0.15, 0.2) is 40.6 Å². The number of sulfonamides is 1. The Hall–Kier alpha value is -1.69. The van der Waals surface area contributed by atoms with Crippen molar-refractivity contribution >= 4 is 56.4 Å². The number of carbonyl (C=O) groups excluding carboxylic acids is 2. The summed E-state index contributed by atoms with van der Waals surface area (Å²) >= 11 is 13.0. The van der Waals surface area contributed by atoms with E-state index in [0.29, 0.717) is 0 Å². The van der Waals surface area contributed by atoms with Crippen LogP contribution in [0.5, 0.6) is 0 Å². The van der Waals surface area contributed by atoms with Gasteiger partial charge in [-0.1, -0.05) is 29.3 Å². The van der Waals surface area contributed by atoms with E-state index in [1.165, 1.54) is 30.4 Å². The molecule has 0 aliphatic rings. The van der Waals surface area contributed by atoms with E-state index in [9.17, 15) is 23.1 Å². The van der Waals surface area contributed by atoms with Crippen LogP contribution in [0, 0.1) is 0 Å². The fourth-order valence-corrected chi connectivity index (χ4v) is 4.39. The zero-order chi connectivity index (χ0) is 21.6. The van der Waals surface area contributed by atoms with Crippen LogP contribution in [-0.2, 0) is 30.9 Å². The number of aliphatic hydroxyl groups is 1. The Bertz CT molecular complexity index is 964. The fraction of sp³-hybridized carbons (Fsp3) is 0.294. The first-order valence-electron chi connectivity index (χ1n) is 8.21. The molecule has 1 aromatic heterocycles. The number of ether oxygens (including phenoxy) is 1. The molecule has 1 aromatic carbocycles. The molecule has 0 bridgehead atoms. The van der Waals surface area contributed by atoms with Crippen molar-refractivity contribution in [2.45, 2.75) is 30.5 Å². The Morgan fingerprint density at radius 3 is 2.55 bits per heavy atom. The molecule has 2 aromatic rings. The monoisotopic (exact) mass is 480 g/mol. The maximum atomic E-state index is 12.5. The van der Waals surface area contributed by atoms with Gasteiger partial charge in [-0.2, -0.15) is 4.72 Å². The van der Waals surface area contributed by atoms with E-state index in [2.05, 4.69) is 5.32 Å². The molecule has 0 fully saturated rings. The van der Waals surface area contributed by atoms with Crippen LogP contribution >= 0.6 is 34.5 Å². The molecule has 0 saturated carbocycles. The van der Waals surface area contributed by atoms with Gasteiger partial charge >= 0.3 is 5.97 Å². The number of halogens is 2. The van der Waals surface area contributed by atoms with Gasteiger partial charge in [0.1, 0.15) is 6.04 Å². The molecular formula is C17H18Cl2N2O6S2. The minimum atomic E-state index is -4.22. The molecule has 0 radical (unpaired) electrons. The molecule has 12 heteroatoms. The van der Waals surface area contributed by atoms with E-state index in [0.717, 1.165) is 10.9 Å². The number of nitrogens with one attached hydrogen (secondary N) is 2. The molecule has 8 nitrogen and oxygen atoms in total. The van der Waals surface area contributed by atoms with Crippen LogP contribution < -0.4 is 10.0 Å². The SMILES string of the molecule is C[C@@H](O)[C@@H](NS(=O)(=O)c1ccc(Cl)c(Cl)c1)C(=O)OCC(=O)NCc1cccs1. The third-order valence-corrected chi connectivity index (χ3v) is 6.66. The standard InChI is InChI=1S/C17H18Cl2N2O6S2/c1-10(22)16(21-29(25,26)12-4-5-13(18)14(19)7-12)17(24)27-9-15(23)20-8-11-3-2-6-28-11/h2-7,10,16,21-22H,8-9H2,1H3,(H,20,23)/t10-,16-/m1/s1. The van der Waals surface area contributed by atoms with E-state index in [1.807, 2.05) is 22.2 Å². The van der Waals surface area contributed by atoms with Crippen molar-refractivity contribution in [3.05, 3.63) is 50.6 Å². The molecule has 0 spiro atoms. The van der Waals surface area contributed by atoms with Crippen LogP contribution in [0.1, 0.15) is 11.8 Å². The Morgan fingerprint density at radius 1 is 1.24 bits per heavy atom. The van der Waals surface area contributed by atoms with Gasteiger partial charge in [0.25, 0.3) is 5.91 Å². The lowest BCUT2D eigenvalue weighted by Gasteiger charge is -2.20. The highest BCUT2D eigenvalue weighted by Gasteiger charge is 2.31. The second-order valence-electron chi connectivity index (χ2n) is 5.88. The first-order chi connectivity index (χ1) is 13.6. The highest BCUT2D eigenvalue weighted by atomic mass is 35.5. The first-order valence-corrected chi connectivity index (χ1v) is 11.3. The summed E-state index contributed by atoms with van der Waals surface area (Å²) in [7, 11) is -4.22. The van der Waals surface area contributed by atoms with Gasteiger partial charge in [0.15, 0.2) is 6.61 Å². The molecule has 29 heavy (non-hydrogen) atoms. The predicted octanol–water partition coefficient (Wildman–Crippen LogP) is 1.94. The number of aliphatic hydroxyl groups excluding tert-OH is 1. The molecule has 0 aliphatic heterocycles. The van der Waals surface area contributed by atoms with Gasteiger partial charge in [0, 0.05) is 4.88 Å². The maximum Gasteiger partial charge on any atom is 0.327 e. The highest BCUT2D eigenvalue weighted by molar-refractivity contribution is 7.89. The first kappa shape index (κ1) is 23.6. The number of amides is 1. The largest absolute Gasteiger partial charge is 0.454 e. The number of carbonyl (C=O) groups is 2. The number of hydrogen-bond acceptors (Lipinski definition) is 7. The molecule has 0 aliphatic carbocycles. The average molecular weight is 481 g/mol. The van der Waals surface area contributed by atoms with E-state index in [-0.39, 0.29) is 21.5 Å². The van der Waals surface area contributed by atoms with Crippen molar-refractivity contribution in [2.75, 3.05) is 6.61 Å². The number of hydrogen-bond donors (Lipinski definition) is 3. The van der Waals surface area contributed by atoms with Crippen molar-refractivity contribution in [1.29, 1.82) is 0 Å². The van der Waals surface area contributed by atoms with Gasteiger partial charge in [0.05, 0.1) is 27.6 Å². The Balaban J connectivity index is 1.97. The van der Waals surface area contributed by atoms with E-state index < -0.39 is 40.7 Å². The summed E-state index contributed by atoms with van der Waals surface area (Å²) < 4.78 is 31.8. The van der Waals surface area contributed by atoms with Crippen LogP contribution in [0.4, 0.5) is 0 Å². The molecule has 3 N–H and O–H groups in total. The minimum absolute atomic E-state index is 0.00752. The van der Waals surface area contributed by atoms with Gasteiger partial charge in [-0.15, -0.1) is 11.3 Å². The lowest BCUT2D eigenvalue weighted by Crippen LogP contribution is -2.49. The fourth-order valence-electron chi connectivity index (χ4n) is 2.10. The number of esters is 1. The molecule has 2 atom stereocenters. The number of thiophene rings is 1. The summed E-state index contributed by atoms with van der Waals surface area (Å²) in [5, 5.41) is 14.4. The number of rotatable bonds is 9. The Morgan fingerprint density at radius 2 is 1.97 bits per heavy atom. The van der Waals surface area contributed by atoms with Crippen LogP contribution in [0.3, 0.4) is 0 Å². The highest BCUT2D eigenvalue weighted by Crippen LogP contribution is 2.25. The van der Waals surface area contributed by atoms with Crippen LogP contribution in [0.2, 0.25) is 10.0 Å². The second-order valence-corrected chi connectivity index (χ2v) is 9.44. The van der Waals surface area contributed by atoms with Crippen LogP contribution in [0.25, 0.3) is 0 Å². The zero-order valence-electron chi connectivity index (χ0n) is 15.1. The summed E-state index contributed by atoms with van der Waals surface area (Å²) in [6.07, 6.45) is -1.42. The quantitative estimate of drug-likeness (QED) is 0.471. The third-order valence-electron chi connectivity index (χ3n) is 3.61. The van der Waals surface area contributed by atoms with Crippen molar-refractivity contribution in [3.8, 4) is 0 Å². The smallest absolute Gasteiger partial charge is 0.327 e. The van der Waals surface area contributed by atoms with Crippen molar-refractivity contribution < 1.29 is 27.9 Å². The Kier molecular flexibility index (Phi) is 8.44. The predicted molar refractivity (Wildman–Crippen MR) is 109 cm³/mol. The van der Waals surface area contributed by atoms with Gasteiger partial charge < -0.3 is 15.2 Å². The topological polar surface area (TPSA) is 122 Å². The van der Waals surface area contributed by atoms with Gasteiger partial charge in [-0.25, -0.2) is 8.42 Å². The Labute approximate surface area is 181 Å². The summed E-state index contributed by atoms with van der Waals surface area (Å²) in [4.78, 5) is 24.7. The van der Waals surface area contributed by atoms with Crippen molar-refractivity contribution in [1.82, 2.24) is 10.0 Å². The normalized spacial score (nSPS) is 13.5. The summed E-state index contributed by atoms with van der Waals surface area (Å²) in [6, 6.07) is 5.62. The number of benzene rings is 1. The maximum absolute atomic E-state index is 12.5. The second kappa shape index (κ2) is 10.4. The third kappa shape index (κ3) is 6.95. The molecule has 2 rings (SSSR count). The molecule has 1 amide bonds. The van der Waals surface area contributed by atoms with Gasteiger partial charge in [0.2, 0.25) is 10.0 Å². The van der Waals surface area contributed by atoms with E-state index >= 15 is 0 Å². The molecule has 0 unspecified atom stereocenters.